The number of fused-ring (bicyclic) bond motifs is 1. The molecular formula is C16H13FN2O4. The van der Waals surface area contributed by atoms with E-state index in [1.165, 1.54) is 24.3 Å². The Kier molecular flexibility index (Phi) is 4.09. The number of halogens is 1. The van der Waals surface area contributed by atoms with Crippen molar-refractivity contribution in [1.29, 1.82) is 0 Å². The molecule has 118 valence electrons. The van der Waals surface area contributed by atoms with Gasteiger partial charge in [-0.2, -0.15) is 0 Å². The maximum absolute atomic E-state index is 12.8. The van der Waals surface area contributed by atoms with Gasteiger partial charge >= 0.3 is 0 Å². The van der Waals surface area contributed by atoms with Crippen LogP contribution in [-0.2, 0) is 9.59 Å². The van der Waals surface area contributed by atoms with Gasteiger partial charge in [0.15, 0.2) is 13.2 Å². The van der Waals surface area contributed by atoms with Gasteiger partial charge in [0.1, 0.15) is 17.3 Å². The van der Waals surface area contributed by atoms with Crippen molar-refractivity contribution in [2.24, 2.45) is 0 Å². The Morgan fingerprint density at radius 3 is 2.83 bits per heavy atom. The van der Waals surface area contributed by atoms with Crippen LogP contribution in [0.4, 0.5) is 15.8 Å². The number of anilines is 2. The molecule has 0 spiro atoms. The van der Waals surface area contributed by atoms with Gasteiger partial charge in [0, 0.05) is 11.8 Å². The van der Waals surface area contributed by atoms with Crippen molar-refractivity contribution >= 4 is 23.2 Å². The summed E-state index contributed by atoms with van der Waals surface area (Å²) in [6.07, 6.45) is 0. The fourth-order valence-electron chi connectivity index (χ4n) is 2.03. The van der Waals surface area contributed by atoms with E-state index in [1.807, 2.05) is 0 Å². The number of hydrogen-bond donors (Lipinski definition) is 2. The largest absolute Gasteiger partial charge is 0.484 e. The summed E-state index contributed by atoms with van der Waals surface area (Å²) in [4.78, 5) is 23.0. The highest BCUT2D eigenvalue weighted by Gasteiger charge is 2.16. The molecule has 2 aromatic rings. The zero-order valence-electron chi connectivity index (χ0n) is 12.0. The molecule has 2 N–H and O–H groups in total. The Morgan fingerprint density at radius 1 is 1.26 bits per heavy atom. The maximum atomic E-state index is 12.8. The van der Waals surface area contributed by atoms with Gasteiger partial charge in [0.25, 0.3) is 11.8 Å². The zero-order chi connectivity index (χ0) is 16.2. The molecule has 0 unspecified atom stereocenters. The summed E-state index contributed by atoms with van der Waals surface area (Å²) in [5, 5.41) is 5.24. The molecule has 0 aromatic heterocycles. The summed E-state index contributed by atoms with van der Waals surface area (Å²) in [6.45, 7) is -0.238. The molecule has 0 radical (unpaired) electrons. The number of carbonyl (C=O) groups is 2. The lowest BCUT2D eigenvalue weighted by Crippen LogP contribution is -2.25. The minimum Gasteiger partial charge on any atom is -0.484 e. The van der Waals surface area contributed by atoms with Gasteiger partial charge in [-0.25, -0.2) is 4.39 Å². The van der Waals surface area contributed by atoms with Crippen LogP contribution in [0.3, 0.4) is 0 Å². The third-order valence-corrected chi connectivity index (χ3v) is 3.08. The number of rotatable bonds is 4. The van der Waals surface area contributed by atoms with Gasteiger partial charge in [0.05, 0.1) is 5.69 Å². The van der Waals surface area contributed by atoms with Gasteiger partial charge in [-0.15, -0.1) is 0 Å². The van der Waals surface area contributed by atoms with Crippen LogP contribution in [0.25, 0.3) is 0 Å². The summed E-state index contributed by atoms with van der Waals surface area (Å²) in [5.41, 5.74) is 0.976. The molecule has 0 fully saturated rings. The number of hydrogen-bond acceptors (Lipinski definition) is 4. The van der Waals surface area contributed by atoms with Gasteiger partial charge in [-0.3, -0.25) is 9.59 Å². The standard InChI is InChI=1S/C16H13FN2O4/c17-10-1-3-11(4-2-10)18-15(20)8-22-12-5-6-14-13(7-12)19-16(21)9-23-14/h1-7H,8-9H2,(H,18,20)(H,19,21). The monoisotopic (exact) mass is 316 g/mol. The fraction of sp³-hybridized carbons (Fsp3) is 0.125. The molecule has 0 saturated heterocycles. The highest BCUT2D eigenvalue weighted by atomic mass is 19.1. The Balaban J connectivity index is 1.57. The Bertz CT molecular complexity index is 746. The van der Waals surface area contributed by atoms with Crippen molar-refractivity contribution in [2.75, 3.05) is 23.8 Å². The predicted molar refractivity (Wildman–Crippen MR) is 81.1 cm³/mol. The zero-order valence-corrected chi connectivity index (χ0v) is 12.0. The lowest BCUT2D eigenvalue weighted by Gasteiger charge is -2.18. The van der Waals surface area contributed by atoms with Gasteiger partial charge in [-0.05, 0) is 36.4 Å². The van der Waals surface area contributed by atoms with Gasteiger partial charge in [-0.1, -0.05) is 0 Å². The molecule has 1 heterocycles. The molecule has 2 amide bonds. The van der Waals surface area contributed by atoms with Gasteiger partial charge in [0.2, 0.25) is 0 Å². The SMILES string of the molecule is O=C(COc1ccc2c(c1)NC(=O)CO2)Nc1ccc(F)cc1. The van der Waals surface area contributed by atoms with E-state index in [0.717, 1.165) is 0 Å². The average Bonchev–Trinajstić information content (AvgIpc) is 2.54. The molecule has 7 heteroatoms. The first-order valence-electron chi connectivity index (χ1n) is 6.85. The third kappa shape index (κ3) is 3.76. The molecule has 0 atom stereocenters. The summed E-state index contributed by atoms with van der Waals surface area (Å²) in [6, 6.07) is 10.3. The molecule has 6 nitrogen and oxygen atoms in total. The van der Waals surface area contributed by atoms with Crippen molar-refractivity contribution in [3.05, 3.63) is 48.3 Å². The molecule has 1 aliphatic rings. The second-order valence-corrected chi connectivity index (χ2v) is 4.84. The van der Waals surface area contributed by atoms with Crippen molar-refractivity contribution in [3.63, 3.8) is 0 Å². The van der Waals surface area contributed by atoms with Crippen LogP contribution in [0.2, 0.25) is 0 Å². The summed E-state index contributed by atoms with van der Waals surface area (Å²) in [5.74, 6) is -0.0348. The first-order valence-corrected chi connectivity index (χ1v) is 6.85. The van der Waals surface area contributed by atoms with Crippen LogP contribution < -0.4 is 20.1 Å². The van der Waals surface area contributed by atoms with E-state index >= 15 is 0 Å². The summed E-state index contributed by atoms with van der Waals surface area (Å²) in [7, 11) is 0. The number of amides is 2. The third-order valence-electron chi connectivity index (χ3n) is 3.08. The van der Waals surface area contributed by atoms with Crippen LogP contribution in [0.15, 0.2) is 42.5 Å². The van der Waals surface area contributed by atoms with E-state index in [4.69, 9.17) is 9.47 Å². The van der Waals surface area contributed by atoms with E-state index in [0.29, 0.717) is 22.9 Å². The highest BCUT2D eigenvalue weighted by molar-refractivity contribution is 5.95. The van der Waals surface area contributed by atoms with Crippen molar-refractivity contribution in [1.82, 2.24) is 0 Å². The average molecular weight is 316 g/mol. The Hall–Kier alpha value is -3.09. The molecule has 23 heavy (non-hydrogen) atoms. The van der Waals surface area contributed by atoms with Crippen LogP contribution >= 0.6 is 0 Å². The summed E-state index contributed by atoms with van der Waals surface area (Å²) >= 11 is 0. The van der Waals surface area contributed by atoms with E-state index in [-0.39, 0.29) is 30.8 Å². The smallest absolute Gasteiger partial charge is 0.262 e. The molecule has 0 bridgehead atoms. The first-order chi connectivity index (χ1) is 11.1. The second kappa shape index (κ2) is 6.35. The van der Waals surface area contributed by atoms with Crippen molar-refractivity contribution < 1.29 is 23.5 Å². The number of benzene rings is 2. The van der Waals surface area contributed by atoms with E-state index in [2.05, 4.69) is 10.6 Å². The number of nitrogens with one attached hydrogen (secondary N) is 2. The number of ether oxygens (including phenoxy) is 2. The molecule has 0 aliphatic carbocycles. The minimum absolute atomic E-state index is 0.0206. The first kappa shape index (κ1) is 14.8. The predicted octanol–water partition coefficient (Wildman–Crippen LogP) is 2.17. The molecular weight excluding hydrogens is 303 g/mol. The quantitative estimate of drug-likeness (QED) is 0.906. The Labute approximate surface area is 131 Å². The van der Waals surface area contributed by atoms with Crippen molar-refractivity contribution in [2.45, 2.75) is 0 Å². The minimum atomic E-state index is -0.380. The van der Waals surface area contributed by atoms with Crippen LogP contribution in [-0.4, -0.2) is 25.0 Å². The molecule has 2 aromatic carbocycles. The lowest BCUT2D eigenvalue weighted by molar-refractivity contribution is -0.119. The topological polar surface area (TPSA) is 76.7 Å². The highest BCUT2D eigenvalue weighted by Crippen LogP contribution is 2.31. The van der Waals surface area contributed by atoms with Crippen molar-refractivity contribution in [3.8, 4) is 11.5 Å². The molecule has 0 saturated carbocycles. The normalized spacial score (nSPS) is 12.7. The Morgan fingerprint density at radius 2 is 2.04 bits per heavy atom. The molecule has 1 aliphatic heterocycles. The van der Waals surface area contributed by atoms with Gasteiger partial charge < -0.3 is 20.1 Å². The molecule has 3 rings (SSSR count). The maximum Gasteiger partial charge on any atom is 0.262 e. The van der Waals surface area contributed by atoms with Crippen LogP contribution in [0.1, 0.15) is 0 Å². The van der Waals surface area contributed by atoms with Crippen LogP contribution in [0, 0.1) is 5.82 Å². The van der Waals surface area contributed by atoms with E-state index in [1.54, 1.807) is 18.2 Å². The van der Waals surface area contributed by atoms with Crippen LogP contribution in [0.5, 0.6) is 11.5 Å². The number of carbonyl (C=O) groups excluding carboxylic acids is 2. The fourth-order valence-corrected chi connectivity index (χ4v) is 2.03. The second-order valence-electron chi connectivity index (χ2n) is 4.84. The lowest BCUT2D eigenvalue weighted by atomic mass is 10.2. The summed E-state index contributed by atoms with van der Waals surface area (Å²) < 4.78 is 23.4. The van der Waals surface area contributed by atoms with E-state index in [9.17, 15) is 14.0 Å². The van der Waals surface area contributed by atoms with E-state index < -0.39 is 0 Å².